The Kier molecular flexibility index (Phi) is 3.79. The summed E-state index contributed by atoms with van der Waals surface area (Å²) >= 11 is 0. The SMILES string of the molecule is NCC1CCC(N2CCOCC2)CC1. The first-order chi connectivity index (χ1) is 6.90. The molecule has 3 nitrogen and oxygen atoms in total. The minimum Gasteiger partial charge on any atom is -0.379 e. The molecule has 2 aliphatic rings. The van der Waals surface area contributed by atoms with Gasteiger partial charge < -0.3 is 10.5 Å². The molecule has 0 radical (unpaired) electrons. The van der Waals surface area contributed by atoms with Crippen LogP contribution < -0.4 is 5.73 Å². The molecule has 14 heavy (non-hydrogen) atoms. The summed E-state index contributed by atoms with van der Waals surface area (Å²) < 4.78 is 5.37. The predicted octanol–water partition coefficient (Wildman–Crippen LogP) is 0.836. The second-order valence-corrected chi connectivity index (χ2v) is 4.56. The zero-order valence-corrected chi connectivity index (χ0v) is 8.95. The van der Waals surface area contributed by atoms with Gasteiger partial charge in [0.1, 0.15) is 0 Å². The molecule has 0 atom stereocenters. The summed E-state index contributed by atoms with van der Waals surface area (Å²) in [6, 6.07) is 0.821. The molecule has 0 aromatic carbocycles. The molecular formula is C11H22N2O. The smallest absolute Gasteiger partial charge is 0.0594 e. The third-order valence-electron chi connectivity index (χ3n) is 3.71. The largest absolute Gasteiger partial charge is 0.379 e. The number of ether oxygens (including phenoxy) is 1. The van der Waals surface area contributed by atoms with Gasteiger partial charge in [0.15, 0.2) is 0 Å². The third-order valence-corrected chi connectivity index (χ3v) is 3.71. The highest BCUT2D eigenvalue weighted by atomic mass is 16.5. The van der Waals surface area contributed by atoms with Crippen molar-refractivity contribution in [3.05, 3.63) is 0 Å². The van der Waals surface area contributed by atoms with E-state index < -0.39 is 0 Å². The van der Waals surface area contributed by atoms with E-state index in [1.54, 1.807) is 0 Å². The summed E-state index contributed by atoms with van der Waals surface area (Å²) in [6.07, 6.45) is 5.36. The summed E-state index contributed by atoms with van der Waals surface area (Å²) in [6.45, 7) is 5.01. The summed E-state index contributed by atoms with van der Waals surface area (Å²) in [4.78, 5) is 2.61. The van der Waals surface area contributed by atoms with Crippen molar-refractivity contribution in [1.82, 2.24) is 4.90 Å². The fourth-order valence-corrected chi connectivity index (χ4v) is 2.69. The van der Waals surface area contributed by atoms with Gasteiger partial charge in [0.2, 0.25) is 0 Å². The van der Waals surface area contributed by atoms with Crippen molar-refractivity contribution in [1.29, 1.82) is 0 Å². The maximum absolute atomic E-state index is 5.69. The monoisotopic (exact) mass is 198 g/mol. The Morgan fingerprint density at radius 3 is 2.29 bits per heavy atom. The second kappa shape index (κ2) is 5.10. The lowest BCUT2D eigenvalue weighted by Crippen LogP contribution is -2.45. The van der Waals surface area contributed by atoms with Crippen molar-refractivity contribution >= 4 is 0 Å². The molecular weight excluding hydrogens is 176 g/mol. The van der Waals surface area contributed by atoms with Gasteiger partial charge in [0, 0.05) is 19.1 Å². The molecule has 2 fully saturated rings. The maximum Gasteiger partial charge on any atom is 0.0594 e. The van der Waals surface area contributed by atoms with Crippen LogP contribution in [0.15, 0.2) is 0 Å². The quantitative estimate of drug-likeness (QED) is 0.714. The van der Waals surface area contributed by atoms with Gasteiger partial charge in [-0.3, -0.25) is 4.90 Å². The Bertz CT molecular complexity index is 161. The van der Waals surface area contributed by atoms with Gasteiger partial charge in [-0.1, -0.05) is 0 Å². The molecule has 82 valence electrons. The Labute approximate surface area is 86.6 Å². The summed E-state index contributed by atoms with van der Waals surface area (Å²) in [5, 5.41) is 0. The van der Waals surface area contributed by atoms with Gasteiger partial charge in [-0.2, -0.15) is 0 Å². The zero-order valence-electron chi connectivity index (χ0n) is 8.95. The van der Waals surface area contributed by atoms with Crippen molar-refractivity contribution < 1.29 is 4.74 Å². The molecule has 1 heterocycles. The van der Waals surface area contributed by atoms with Gasteiger partial charge in [-0.05, 0) is 38.1 Å². The van der Waals surface area contributed by atoms with Gasteiger partial charge in [0.05, 0.1) is 13.2 Å². The van der Waals surface area contributed by atoms with Crippen LogP contribution in [0, 0.1) is 5.92 Å². The number of morpholine rings is 1. The van der Waals surface area contributed by atoms with Crippen molar-refractivity contribution in [3.63, 3.8) is 0 Å². The fourth-order valence-electron chi connectivity index (χ4n) is 2.69. The standard InChI is InChI=1S/C11H22N2O/c12-9-10-1-3-11(4-2-10)13-5-7-14-8-6-13/h10-11H,1-9,12H2. The minimum absolute atomic E-state index is 0.798. The van der Waals surface area contributed by atoms with Crippen LogP contribution in [0.1, 0.15) is 25.7 Å². The summed E-state index contributed by atoms with van der Waals surface area (Å²) in [5.41, 5.74) is 5.69. The predicted molar refractivity (Wildman–Crippen MR) is 57.2 cm³/mol. The zero-order chi connectivity index (χ0) is 9.80. The van der Waals surface area contributed by atoms with Gasteiger partial charge in [-0.25, -0.2) is 0 Å². The number of hydrogen-bond donors (Lipinski definition) is 1. The van der Waals surface area contributed by atoms with Crippen LogP contribution >= 0.6 is 0 Å². The van der Waals surface area contributed by atoms with E-state index >= 15 is 0 Å². The van der Waals surface area contributed by atoms with Crippen LogP contribution in [-0.2, 0) is 4.74 Å². The van der Waals surface area contributed by atoms with Gasteiger partial charge >= 0.3 is 0 Å². The maximum atomic E-state index is 5.69. The Morgan fingerprint density at radius 2 is 1.71 bits per heavy atom. The lowest BCUT2D eigenvalue weighted by molar-refractivity contribution is 0.00526. The Hall–Kier alpha value is -0.120. The first-order valence-electron chi connectivity index (χ1n) is 5.92. The molecule has 1 aliphatic carbocycles. The van der Waals surface area contributed by atoms with Crippen molar-refractivity contribution in [2.75, 3.05) is 32.8 Å². The van der Waals surface area contributed by atoms with E-state index in [0.29, 0.717) is 0 Å². The van der Waals surface area contributed by atoms with Gasteiger partial charge in [0.25, 0.3) is 0 Å². The van der Waals surface area contributed by atoms with Crippen molar-refractivity contribution in [2.24, 2.45) is 11.7 Å². The van der Waals surface area contributed by atoms with E-state index in [1.807, 2.05) is 0 Å². The minimum atomic E-state index is 0.798. The van der Waals surface area contributed by atoms with Crippen LogP contribution in [0.2, 0.25) is 0 Å². The van der Waals surface area contributed by atoms with E-state index in [2.05, 4.69) is 4.90 Å². The average molecular weight is 198 g/mol. The third kappa shape index (κ3) is 2.47. The molecule has 3 heteroatoms. The molecule has 1 aliphatic heterocycles. The fraction of sp³-hybridized carbons (Fsp3) is 1.00. The lowest BCUT2D eigenvalue weighted by Gasteiger charge is -2.38. The summed E-state index contributed by atoms with van der Waals surface area (Å²) in [7, 11) is 0. The highest BCUT2D eigenvalue weighted by Gasteiger charge is 2.25. The Morgan fingerprint density at radius 1 is 1.07 bits per heavy atom. The van der Waals surface area contributed by atoms with E-state index in [4.69, 9.17) is 10.5 Å². The topological polar surface area (TPSA) is 38.5 Å². The van der Waals surface area contributed by atoms with E-state index in [-0.39, 0.29) is 0 Å². The highest BCUT2D eigenvalue weighted by Crippen LogP contribution is 2.27. The van der Waals surface area contributed by atoms with Crippen LogP contribution in [-0.4, -0.2) is 43.8 Å². The molecule has 1 saturated heterocycles. The van der Waals surface area contributed by atoms with E-state index in [1.165, 1.54) is 25.7 Å². The molecule has 0 aromatic heterocycles. The van der Waals surface area contributed by atoms with Crippen LogP contribution in [0.25, 0.3) is 0 Å². The number of nitrogens with two attached hydrogens (primary N) is 1. The van der Waals surface area contributed by atoms with Crippen molar-refractivity contribution in [3.8, 4) is 0 Å². The van der Waals surface area contributed by atoms with E-state index in [0.717, 1.165) is 44.8 Å². The molecule has 2 N–H and O–H groups in total. The summed E-state index contributed by atoms with van der Waals surface area (Å²) in [5.74, 6) is 0.798. The molecule has 0 amide bonds. The number of rotatable bonds is 2. The molecule has 0 unspecified atom stereocenters. The van der Waals surface area contributed by atoms with Gasteiger partial charge in [-0.15, -0.1) is 0 Å². The molecule has 0 bridgehead atoms. The highest BCUT2D eigenvalue weighted by molar-refractivity contribution is 4.80. The molecule has 2 rings (SSSR count). The first kappa shape index (κ1) is 10.4. The van der Waals surface area contributed by atoms with Crippen LogP contribution in [0.4, 0.5) is 0 Å². The number of hydrogen-bond acceptors (Lipinski definition) is 3. The van der Waals surface area contributed by atoms with Crippen LogP contribution in [0.3, 0.4) is 0 Å². The normalized spacial score (nSPS) is 35.8. The Balaban J connectivity index is 1.76. The molecule has 0 spiro atoms. The second-order valence-electron chi connectivity index (χ2n) is 4.56. The average Bonchev–Trinajstić information content (AvgIpc) is 2.30. The van der Waals surface area contributed by atoms with Crippen molar-refractivity contribution in [2.45, 2.75) is 31.7 Å². The van der Waals surface area contributed by atoms with E-state index in [9.17, 15) is 0 Å². The molecule has 1 saturated carbocycles. The molecule has 0 aromatic rings. The first-order valence-corrected chi connectivity index (χ1v) is 5.92. The van der Waals surface area contributed by atoms with Crippen LogP contribution in [0.5, 0.6) is 0 Å². The number of nitrogens with zero attached hydrogens (tertiary/aromatic N) is 1. The lowest BCUT2D eigenvalue weighted by atomic mass is 9.85.